The Bertz CT molecular complexity index is 640. The first kappa shape index (κ1) is 11.2. The van der Waals surface area contributed by atoms with Gasteiger partial charge in [-0.15, -0.1) is 0 Å². The van der Waals surface area contributed by atoms with Gasteiger partial charge in [-0.05, 0) is 24.3 Å². The molecule has 0 saturated heterocycles. The molecule has 1 aromatic carbocycles. The molecule has 1 heterocycles. The predicted octanol–water partition coefficient (Wildman–Crippen LogP) is 2.26. The quantitative estimate of drug-likeness (QED) is 0.897. The van der Waals surface area contributed by atoms with Crippen LogP contribution >= 0.6 is 11.6 Å². The highest BCUT2D eigenvalue weighted by molar-refractivity contribution is 7.92. The number of anilines is 1. The molecular formula is C10H9ClN2O2S. The van der Waals surface area contributed by atoms with Crippen LogP contribution in [-0.2, 0) is 10.0 Å². The van der Waals surface area contributed by atoms with Crippen molar-refractivity contribution in [1.29, 1.82) is 0 Å². The molecule has 0 aliphatic carbocycles. The van der Waals surface area contributed by atoms with Crippen LogP contribution in [0.25, 0.3) is 10.9 Å². The first-order valence-corrected chi connectivity index (χ1v) is 6.75. The fraction of sp³-hybridized carbons (Fsp3) is 0.100. The lowest BCUT2D eigenvalue weighted by Crippen LogP contribution is -2.09. The summed E-state index contributed by atoms with van der Waals surface area (Å²) in [5, 5.41) is 1.18. The first-order chi connectivity index (χ1) is 7.47. The standard InChI is InChI=1S/C10H9ClN2O2S/c1-16(14,15)13-9-5-4-8(11)10-7(9)3-2-6-12-10/h2-6,13H,1H3. The van der Waals surface area contributed by atoms with Gasteiger partial charge in [0.2, 0.25) is 10.0 Å². The maximum atomic E-state index is 11.2. The smallest absolute Gasteiger partial charge is 0.229 e. The summed E-state index contributed by atoms with van der Waals surface area (Å²) in [6.45, 7) is 0. The van der Waals surface area contributed by atoms with Gasteiger partial charge in [-0.25, -0.2) is 8.42 Å². The van der Waals surface area contributed by atoms with Gasteiger partial charge in [0.25, 0.3) is 0 Å². The van der Waals surface area contributed by atoms with E-state index in [2.05, 4.69) is 9.71 Å². The molecule has 4 nitrogen and oxygen atoms in total. The Morgan fingerprint density at radius 1 is 1.31 bits per heavy atom. The van der Waals surface area contributed by atoms with Gasteiger partial charge in [-0.3, -0.25) is 9.71 Å². The number of fused-ring (bicyclic) bond motifs is 1. The maximum absolute atomic E-state index is 11.2. The number of rotatable bonds is 2. The second-order valence-corrected chi connectivity index (χ2v) is 5.52. The Balaban J connectivity index is 2.68. The van der Waals surface area contributed by atoms with Crippen molar-refractivity contribution in [3.8, 4) is 0 Å². The van der Waals surface area contributed by atoms with Gasteiger partial charge in [-0.1, -0.05) is 11.6 Å². The number of nitrogens with zero attached hydrogens (tertiary/aromatic N) is 1. The molecule has 0 unspecified atom stereocenters. The molecule has 16 heavy (non-hydrogen) atoms. The van der Waals surface area contributed by atoms with E-state index < -0.39 is 10.0 Å². The van der Waals surface area contributed by atoms with E-state index in [1.54, 1.807) is 30.5 Å². The van der Waals surface area contributed by atoms with Crippen molar-refractivity contribution in [2.45, 2.75) is 0 Å². The Kier molecular flexibility index (Phi) is 2.73. The summed E-state index contributed by atoms with van der Waals surface area (Å²) in [5.41, 5.74) is 1.06. The summed E-state index contributed by atoms with van der Waals surface area (Å²) in [7, 11) is -3.30. The van der Waals surface area contributed by atoms with E-state index in [4.69, 9.17) is 11.6 Å². The zero-order valence-corrected chi connectivity index (χ0v) is 10.0. The minimum Gasteiger partial charge on any atom is -0.283 e. The Morgan fingerprint density at radius 2 is 2.06 bits per heavy atom. The second kappa shape index (κ2) is 3.92. The number of sulfonamides is 1. The Hall–Kier alpha value is -1.33. The number of aromatic nitrogens is 1. The van der Waals surface area contributed by atoms with Crippen LogP contribution in [0.5, 0.6) is 0 Å². The van der Waals surface area contributed by atoms with Gasteiger partial charge in [0.1, 0.15) is 0 Å². The maximum Gasteiger partial charge on any atom is 0.229 e. The zero-order chi connectivity index (χ0) is 11.8. The molecule has 84 valence electrons. The van der Waals surface area contributed by atoms with E-state index in [1.165, 1.54) is 0 Å². The SMILES string of the molecule is CS(=O)(=O)Nc1ccc(Cl)c2ncccc12. The van der Waals surface area contributed by atoms with Crippen LogP contribution in [-0.4, -0.2) is 19.7 Å². The van der Waals surface area contributed by atoms with E-state index in [9.17, 15) is 8.42 Å². The van der Waals surface area contributed by atoms with Crippen LogP contribution in [0.1, 0.15) is 0 Å². The molecule has 0 fully saturated rings. The second-order valence-electron chi connectivity index (χ2n) is 3.37. The van der Waals surface area contributed by atoms with Gasteiger partial charge in [0.05, 0.1) is 22.5 Å². The minimum atomic E-state index is -3.30. The number of nitrogens with one attached hydrogen (secondary N) is 1. The predicted molar refractivity (Wildman–Crippen MR) is 65.2 cm³/mol. The Morgan fingerprint density at radius 3 is 2.75 bits per heavy atom. The summed E-state index contributed by atoms with van der Waals surface area (Å²) < 4.78 is 24.8. The van der Waals surface area contributed by atoms with Crippen molar-refractivity contribution < 1.29 is 8.42 Å². The van der Waals surface area contributed by atoms with Gasteiger partial charge < -0.3 is 0 Å². The third-order valence-corrected chi connectivity index (χ3v) is 2.91. The topological polar surface area (TPSA) is 59.1 Å². The highest BCUT2D eigenvalue weighted by Gasteiger charge is 2.08. The molecule has 2 rings (SSSR count). The molecule has 0 atom stereocenters. The molecule has 0 aliphatic heterocycles. The normalized spacial score (nSPS) is 11.6. The van der Waals surface area contributed by atoms with E-state index >= 15 is 0 Å². The van der Waals surface area contributed by atoms with E-state index in [0.29, 0.717) is 21.6 Å². The van der Waals surface area contributed by atoms with E-state index in [0.717, 1.165) is 6.26 Å². The molecular weight excluding hydrogens is 248 g/mol. The fourth-order valence-electron chi connectivity index (χ4n) is 1.43. The first-order valence-electron chi connectivity index (χ1n) is 4.48. The monoisotopic (exact) mass is 256 g/mol. The van der Waals surface area contributed by atoms with Crippen molar-refractivity contribution >= 4 is 38.2 Å². The lowest BCUT2D eigenvalue weighted by Gasteiger charge is -2.08. The number of pyridine rings is 1. The molecule has 0 spiro atoms. The average molecular weight is 257 g/mol. The third kappa shape index (κ3) is 2.25. The van der Waals surface area contributed by atoms with Crippen LogP contribution in [0.3, 0.4) is 0 Å². The molecule has 2 aromatic rings. The van der Waals surface area contributed by atoms with Crippen LogP contribution in [0, 0.1) is 0 Å². The van der Waals surface area contributed by atoms with Crippen molar-refractivity contribution in [3.05, 3.63) is 35.5 Å². The van der Waals surface area contributed by atoms with Gasteiger partial charge >= 0.3 is 0 Å². The molecule has 0 bridgehead atoms. The highest BCUT2D eigenvalue weighted by atomic mass is 35.5. The highest BCUT2D eigenvalue weighted by Crippen LogP contribution is 2.28. The number of halogens is 1. The molecule has 1 aromatic heterocycles. The summed E-state index contributed by atoms with van der Waals surface area (Å²) in [6, 6.07) is 6.73. The summed E-state index contributed by atoms with van der Waals surface area (Å²) in [4.78, 5) is 4.10. The lowest BCUT2D eigenvalue weighted by atomic mass is 10.2. The average Bonchev–Trinajstić information content (AvgIpc) is 2.21. The molecule has 0 amide bonds. The van der Waals surface area contributed by atoms with Crippen LogP contribution in [0.2, 0.25) is 5.02 Å². The van der Waals surface area contributed by atoms with Gasteiger partial charge in [0, 0.05) is 11.6 Å². The van der Waals surface area contributed by atoms with Crippen LogP contribution in [0.15, 0.2) is 30.5 Å². The molecule has 0 saturated carbocycles. The van der Waals surface area contributed by atoms with E-state index in [1.807, 2.05) is 0 Å². The summed E-state index contributed by atoms with van der Waals surface area (Å²) >= 11 is 5.96. The number of hydrogen-bond donors (Lipinski definition) is 1. The zero-order valence-electron chi connectivity index (χ0n) is 8.44. The van der Waals surface area contributed by atoms with Gasteiger partial charge in [0.15, 0.2) is 0 Å². The van der Waals surface area contributed by atoms with Crippen molar-refractivity contribution in [3.63, 3.8) is 0 Å². The third-order valence-electron chi connectivity index (χ3n) is 2.02. The van der Waals surface area contributed by atoms with Gasteiger partial charge in [-0.2, -0.15) is 0 Å². The van der Waals surface area contributed by atoms with Crippen LogP contribution in [0.4, 0.5) is 5.69 Å². The number of hydrogen-bond acceptors (Lipinski definition) is 3. The largest absolute Gasteiger partial charge is 0.283 e. The lowest BCUT2D eigenvalue weighted by molar-refractivity contribution is 0.607. The molecule has 1 N–H and O–H groups in total. The van der Waals surface area contributed by atoms with E-state index in [-0.39, 0.29) is 0 Å². The van der Waals surface area contributed by atoms with Crippen molar-refractivity contribution in [1.82, 2.24) is 4.98 Å². The fourth-order valence-corrected chi connectivity index (χ4v) is 2.22. The van der Waals surface area contributed by atoms with Crippen molar-refractivity contribution in [2.24, 2.45) is 0 Å². The van der Waals surface area contributed by atoms with Crippen molar-refractivity contribution in [2.75, 3.05) is 11.0 Å². The Labute approximate surface area is 98.3 Å². The molecule has 0 aliphatic rings. The summed E-state index contributed by atoms with van der Waals surface area (Å²) in [6.07, 6.45) is 2.71. The summed E-state index contributed by atoms with van der Waals surface area (Å²) in [5.74, 6) is 0. The molecule has 0 radical (unpaired) electrons. The minimum absolute atomic E-state index is 0.481. The molecule has 6 heteroatoms. The van der Waals surface area contributed by atoms with Crippen LogP contribution < -0.4 is 4.72 Å². The number of benzene rings is 1.